The molecule has 1 N–H and O–H groups in total. The van der Waals surface area contributed by atoms with Gasteiger partial charge in [0.05, 0.1) is 23.2 Å². The third kappa shape index (κ3) is 4.75. The standard InChI is InChI=1S/C20H19N3O6/c1-20(2,3)28-19(27)22-12-8-9-21-13(10-12)11-16(24)29-23-17(25)14-6-4-5-7-15(14)18(23)26/h4-10H,11H2,1-3H3,(H,21,22,27). The second-order valence-corrected chi connectivity index (χ2v) is 7.25. The van der Waals surface area contributed by atoms with E-state index in [2.05, 4.69) is 10.3 Å². The molecule has 9 nitrogen and oxygen atoms in total. The second-order valence-electron chi connectivity index (χ2n) is 7.25. The van der Waals surface area contributed by atoms with Crippen LogP contribution in [0.4, 0.5) is 10.5 Å². The Morgan fingerprint density at radius 2 is 1.69 bits per heavy atom. The fraction of sp³-hybridized carbons (Fsp3) is 0.250. The zero-order valence-corrected chi connectivity index (χ0v) is 16.1. The van der Waals surface area contributed by atoms with Crippen LogP contribution in [0, 0.1) is 0 Å². The third-order valence-corrected chi connectivity index (χ3v) is 3.74. The number of benzene rings is 1. The summed E-state index contributed by atoms with van der Waals surface area (Å²) in [6, 6.07) is 9.19. The molecule has 0 spiro atoms. The third-order valence-electron chi connectivity index (χ3n) is 3.74. The van der Waals surface area contributed by atoms with Crippen molar-refractivity contribution in [1.29, 1.82) is 0 Å². The SMILES string of the molecule is CC(C)(C)OC(=O)Nc1ccnc(CC(=O)ON2C(=O)c3ccccc3C2=O)c1. The monoisotopic (exact) mass is 397 g/mol. The van der Waals surface area contributed by atoms with E-state index in [1.165, 1.54) is 30.5 Å². The summed E-state index contributed by atoms with van der Waals surface area (Å²) >= 11 is 0. The summed E-state index contributed by atoms with van der Waals surface area (Å²) in [4.78, 5) is 57.5. The molecule has 0 fully saturated rings. The molecule has 9 heteroatoms. The number of hydrogen-bond acceptors (Lipinski definition) is 7. The van der Waals surface area contributed by atoms with Crippen molar-refractivity contribution in [2.24, 2.45) is 0 Å². The van der Waals surface area contributed by atoms with Crippen LogP contribution in [0.5, 0.6) is 0 Å². The van der Waals surface area contributed by atoms with Crippen LogP contribution >= 0.6 is 0 Å². The maximum Gasteiger partial charge on any atom is 0.412 e. The van der Waals surface area contributed by atoms with E-state index in [0.29, 0.717) is 10.8 Å². The van der Waals surface area contributed by atoms with Crippen molar-refractivity contribution in [3.63, 3.8) is 0 Å². The maximum atomic E-state index is 12.2. The molecule has 0 saturated carbocycles. The summed E-state index contributed by atoms with van der Waals surface area (Å²) in [5.41, 5.74) is 0.341. The number of fused-ring (bicyclic) bond motifs is 1. The van der Waals surface area contributed by atoms with Gasteiger partial charge in [-0.1, -0.05) is 17.2 Å². The van der Waals surface area contributed by atoms with E-state index in [9.17, 15) is 19.2 Å². The number of rotatable bonds is 4. The Hall–Kier alpha value is -3.75. The highest BCUT2D eigenvalue weighted by atomic mass is 16.7. The molecular weight excluding hydrogens is 378 g/mol. The number of pyridine rings is 1. The van der Waals surface area contributed by atoms with Gasteiger partial charge in [-0.25, -0.2) is 9.59 Å². The number of ether oxygens (including phenoxy) is 1. The molecule has 29 heavy (non-hydrogen) atoms. The number of carbonyl (C=O) groups excluding carboxylic acids is 4. The summed E-state index contributed by atoms with van der Waals surface area (Å²) in [5, 5.41) is 2.98. The first kappa shape index (κ1) is 20.0. The lowest BCUT2D eigenvalue weighted by molar-refractivity contribution is -0.167. The number of imide groups is 1. The van der Waals surface area contributed by atoms with Crippen LogP contribution in [0.3, 0.4) is 0 Å². The zero-order chi connectivity index (χ0) is 21.2. The molecule has 150 valence electrons. The van der Waals surface area contributed by atoms with Gasteiger partial charge >= 0.3 is 12.1 Å². The molecule has 1 aliphatic heterocycles. The van der Waals surface area contributed by atoms with E-state index >= 15 is 0 Å². The van der Waals surface area contributed by atoms with E-state index in [1.807, 2.05) is 0 Å². The van der Waals surface area contributed by atoms with E-state index in [1.54, 1.807) is 32.9 Å². The highest BCUT2D eigenvalue weighted by Gasteiger charge is 2.38. The van der Waals surface area contributed by atoms with Gasteiger partial charge in [-0.3, -0.25) is 19.9 Å². The van der Waals surface area contributed by atoms with Gasteiger partial charge in [0.25, 0.3) is 11.8 Å². The molecular formula is C20H19N3O6. The molecule has 0 aliphatic carbocycles. The fourth-order valence-electron chi connectivity index (χ4n) is 2.61. The van der Waals surface area contributed by atoms with Crippen LogP contribution in [0.15, 0.2) is 42.6 Å². The van der Waals surface area contributed by atoms with Crippen molar-refractivity contribution >= 4 is 29.6 Å². The van der Waals surface area contributed by atoms with Crippen LogP contribution in [-0.4, -0.2) is 39.5 Å². The molecule has 0 radical (unpaired) electrons. The molecule has 2 aromatic rings. The first-order valence-corrected chi connectivity index (χ1v) is 8.77. The van der Waals surface area contributed by atoms with Crippen LogP contribution in [0.2, 0.25) is 0 Å². The summed E-state index contributed by atoms with van der Waals surface area (Å²) in [6.07, 6.45) is 0.442. The number of hydroxylamine groups is 2. The minimum absolute atomic E-state index is 0.173. The van der Waals surface area contributed by atoms with Gasteiger partial charge in [-0.15, -0.1) is 0 Å². The summed E-state index contributed by atoms with van der Waals surface area (Å²) < 4.78 is 5.16. The van der Waals surface area contributed by atoms with Crippen molar-refractivity contribution in [1.82, 2.24) is 10.0 Å². The molecule has 0 unspecified atom stereocenters. The Balaban J connectivity index is 1.63. The van der Waals surface area contributed by atoms with Crippen molar-refractivity contribution < 1.29 is 28.8 Å². The van der Waals surface area contributed by atoms with Crippen LogP contribution in [0.1, 0.15) is 47.2 Å². The zero-order valence-electron chi connectivity index (χ0n) is 16.1. The van der Waals surface area contributed by atoms with Gasteiger partial charge in [0.15, 0.2) is 0 Å². The number of hydrogen-bond donors (Lipinski definition) is 1. The molecule has 3 rings (SSSR count). The summed E-state index contributed by atoms with van der Waals surface area (Å²) in [7, 11) is 0. The van der Waals surface area contributed by atoms with Crippen LogP contribution < -0.4 is 5.32 Å². The largest absolute Gasteiger partial charge is 0.444 e. The molecule has 0 bridgehead atoms. The van der Waals surface area contributed by atoms with Crippen LogP contribution in [-0.2, 0) is 20.8 Å². The van der Waals surface area contributed by atoms with Gasteiger partial charge in [0.1, 0.15) is 5.60 Å². The smallest absolute Gasteiger partial charge is 0.412 e. The summed E-state index contributed by atoms with van der Waals surface area (Å²) in [5.74, 6) is -2.25. The van der Waals surface area contributed by atoms with Crippen LogP contribution in [0.25, 0.3) is 0 Å². The molecule has 1 aliphatic rings. The van der Waals surface area contributed by atoms with Gasteiger partial charge in [-0.05, 0) is 45.0 Å². The number of anilines is 1. The molecule has 0 atom stereocenters. The first-order chi connectivity index (χ1) is 13.6. The minimum atomic E-state index is -0.846. The van der Waals surface area contributed by atoms with Crippen molar-refractivity contribution in [2.75, 3.05) is 5.32 Å². The van der Waals surface area contributed by atoms with Gasteiger partial charge < -0.3 is 9.57 Å². The van der Waals surface area contributed by atoms with Gasteiger partial charge in [0.2, 0.25) is 0 Å². The Morgan fingerprint density at radius 1 is 1.07 bits per heavy atom. The second kappa shape index (κ2) is 7.70. The Labute approximate surface area is 166 Å². The average molecular weight is 397 g/mol. The van der Waals surface area contributed by atoms with E-state index in [0.717, 1.165) is 0 Å². The molecule has 1 aromatic heterocycles. The lowest BCUT2D eigenvalue weighted by Crippen LogP contribution is -2.33. The van der Waals surface area contributed by atoms with Crippen molar-refractivity contribution in [3.8, 4) is 0 Å². The Bertz CT molecular complexity index is 961. The molecule has 0 saturated heterocycles. The van der Waals surface area contributed by atoms with Crippen molar-refractivity contribution in [3.05, 3.63) is 59.4 Å². The quantitative estimate of drug-likeness (QED) is 0.789. The fourth-order valence-corrected chi connectivity index (χ4v) is 2.61. The molecule has 1 aromatic carbocycles. The number of aromatic nitrogens is 1. The number of nitrogens with zero attached hydrogens (tertiary/aromatic N) is 2. The van der Waals surface area contributed by atoms with E-state index in [-0.39, 0.29) is 23.2 Å². The van der Waals surface area contributed by atoms with Crippen molar-refractivity contribution in [2.45, 2.75) is 32.8 Å². The van der Waals surface area contributed by atoms with Gasteiger partial charge in [0, 0.05) is 11.9 Å². The predicted molar refractivity (Wildman–Crippen MR) is 101 cm³/mol. The van der Waals surface area contributed by atoms with Gasteiger partial charge in [-0.2, -0.15) is 0 Å². The number of nitrogens with one attached hydrogen (secondary N) is 1. The first-order valence-electron chi connectivity index (χ1n) is 8.77. The number of carbonyl (C=O) groups is 4. The lowest BCUT2D eigenvalue weighted by atomic mass is 10.1. The topological polar surface area (TPSA) is 115 Å². The highest BCUT2D eigenvalue weighted by Crippen LogP contribution is 2.23. The average Bonchev–Trinajstić information content (AvgIpc) is 2.86. The molecule has 2 heterocycles. The van der Waals surface area contributed by atoms with E-state index < -0.39 is 29.5 Å². The Morgan fingerprint density at radius 3 is 2.28 bits per heavy atom. The Kier molecular flexibility index (Phi) is 5.31. The number of amides is 3. The maximum absolute atomic E-state index is 12.2. The predicted octanol–water partition coefficient (Wildman–Crippen LogP) is 2.73. The molecule has 3 amide bonds. The minimum Gasteiger partial charge on any atom is -0.444 e. The summed E-state index contributed by atoms with van der Waals surface area (Å²) in [6.45, 7) is 5.21. The normalized spacial score (nSPS) is 13.1. The van der Waals surface area contributed by atoms with E-state index in [4.69, 9.17) is 9.57 Å². The lowest BCUT2D eigenvalue weighted by Gasteiger charge is -2.19. The highest BCUT2D eigenvalue weighted by molar-refractivity contribution is 6.20.